The van der Waals surface area contributed by atoms with Crippen molar-refractivity contribution < 1.29 is 18.7 Å². The molecular weight excluding hydrogens is 386 g/mol. The number of amides is 1. The number of rotatable bonds is 5. The number of aromatic nitrogens is 2. The fourth-order valence-electron chi connectivity index (χ4n) is 2.62. The lowest BCUT2D eigenvalue weighted by Crippen LogP contribution is -2.45. The van der Waals surface area contributed by atoms with Crippen molar-refractivity contribution in [2.24, 2.45) is 0 Å². The van der Waals surface area contributed by atoms with Crippen LogP contribution in [0.25, 0.3) is 11.5 Å². The van der Waals surface area contributed by atoms with Gasteiger partial charge in [0.05, 0.1) is 12.9 Å². The van der Waals surface area contributed by atoms with Gasteiger partial charge in [0.15, 0.2) is 0 Å². The number of thioether (sulfide) groups is 2. The largest absolute Gasteiger partial charge is 0.468 e. The van der Waals surface area contributed by atoms with Crippen LogP contribution in [-0.2, 0) is 14.3 Å². The molecule has 0 aliphatic carbocycles. The summed E-state index contributed by atoms with van der Waals surface area (Å²) in [6.07, 6.45) is 0. The van der Waals surface area contributed by atoms with Gasteiger partial charge in [-0.15, -0.1) is 22.0 Å². The van der Waals surface area contributed by atoms with E-state index < -0.39 is 0 Å². The molecule has 0 bridgehead atoms. The van der Waals surface area contributed by atoms with E-state index in [9.17, 15) is 9.59 Å². The maximum atomic E-state index is 12.4. The second-order valence-electron chi connectivity index (χ2n) is 6.18. The minimum Gasteiger partial charge on any atom is -0.468 e. The molecule has 2 heterocycles. The summed E-state index contributed by atoms with van der Waals surface area (Å²) in [5.74, 6) is 0.995. The van der Waals surface area contributed by atoms with E-state index in [1.165, 1.54) is 36.2 Å². The van der Waals surface area contributed by atoms with E-state index >= 15 is 0 Å². The van der Waals surface area contributed by atoms with Gasteiger partial charge >= 0.3 is 5.97 Å². The molecule has 7 nitrogen and oxygen atoms in total. The van der Waals surface area contributed by atoms with Crippen LogP contribution in [0.5, 0.6) is 0 Å². The minimum atomic E-state index is -0.322. The predicted molar refractivity (Wildman–Crippen MR) is 105 cm³/mol. The van der Waals surface area contributed by atoms with Gasteiger partial charge in [-0.3, -0.25) is 9.59 Å². The Kier molecular flexibility index (Phi) is 6.43. The summed E-state index contributed by atoms with van der Waals surface area (Å²) < 4.78 is 10.4. The van der Waals surface area contributed by atoms with Crippen LogP contribution in [0.4, 0.5) is 0 Å². The van der Waals surface area contributed by atoms with Crippen LogP contribution in [0.1, 0.15) is 11.1 Å². The molecule has 144 valence electrons. The molecule has 0 saturated carbocycles. The summed E-state index contributed by atoms with van der Waals surface area (Å²) in [5.41, 5.74) is 3.21. The van der Waals surface area contributed by atoms with Crippen molar-refractivity contribution in [3.63, 3.8) is 0 Å². The van der Waals surface area contributed by atoms with Gasteiger partial charge in [0.2, 0.25) is 11.8 Å². The number of nitrogens with zero attached hydrogens (tertiary/aromatic N) is 3. The second-order valence-corrected chi connectivity index (χ2v) is 8.42. The molecule has 0 radical (unpaired) electrons. The first kappa shape index (κ1) is 19.8. The number of hydrogen-bond donors (Lipinski definition) is 0. The molecule has 2 aromatic rings. The summed E-state index contributed by atoms with van der Waals surface area (Å²) in [7, 11) is 1.36. The number of benzene rings is 1. The Hall–Kier alpha value is -2.00. The average molecular weight is 408 g/mol. The highest BCUT2D eigenvalue weighted by atomic mass is 32.2. The zero-order valence-electron chi connectivity index (χ0n) is 15.4. The molecule has 1 atom stereocenters. The molecule has 1 aromatic carbocycles. The highest BCUT2D eigenvalue weighted by molar-refractivity contribution is 8.00. The first-order chi connectivity index (χ1) is 13.0. The molecule has 0 N–H and O–H groups in total. The Morgan fingerprint density at radius 3 is 2.89 bits per heavy atom. The van der Waals surface area contributed by atoms with Gasteiger partial charge in [-0.2, -0.15) is 0 Å². The maximum absolute atomic E-state index is 12.4. The number of aryl methyl sites for hydroxylation is 2. The standard InChI is InChI=1S/C18H21N3O4S2/c1-11-4-5-13(8-12(11)2)16-19-20-18(25-16)27-10-15(22)21-6-7-26-14(9-21)17(23)24-3/h4-5,8,14H,6-7,9-10H2,1-3H3/t14-/m1/s1. The monoisotopic (exact) mass is 407 g/mol. The van der Waals surface area contributed by atoms with Crippen LogP contribution in [0.15, 0.2) is 27.8 Å². The Bertz CT molecular complexity index is 840. The van der Waals surface area contributed by atoms with Gasteiger partial charge in [-0.25, -0.2) is 0 Å². The highest BCUT2D eigenvalue weighted by Crippen LogP contribution is 2.26. The lowest BCUT2D eigenvalue weighted by Gasteiger charge is -2.30. The number of hydrogen-bond acceptors (Lipinski definition) is 8. The zero-order chi connectivity index (χ0) is 19.4. The first-order valence-corrected chi connectivity index (χ1v) is 10.5. The fraction of sp³-hybridized carbons (Fsp3) is 0.444. The van der Waals surface area contributed by atoms with Gasteiger partial charge in [0.1, 0.15) is 5.25 Å². The molecule has 1 aliphatic heterocycles. The summed E-state index contributed by atoms with van der Waals surface area (Å²) in [5, 5.41) is 8.11. The third kappa shape index (κ3) is 4.84. The summed E-state index contributed by atoms with van der Waals surface area (Å²) in [6, 6.07) is 5.95. The molecule has 9 heteroatoms. The molecule has 27 heavy (non-hydrogen) atoms. The van der Waals surface area contributed by atoms with Crippen molar-refractivity contribution in [1.29, 1.82) is 0 Å². The van der Waals surface area contributed by atoms with Gasteiger partial charge in [0.25, 0.3) is 5.22 Å². The van der Waals surface area contributed by atoms with Crippen LogP contribution in [0, 0.1) is 13.8 Å². The van der Waals surface area contributed by atoms with Crippen molar-refractivity contribution in [3.8, 4) is 11.5 Å². The van der Waals surface area contributed by atoms with Crippen LogP contribution in [0.3, 0.4) is 0 Å². The summed E-state index contributed by atoms with van der Waals surface area (Å²) in [6.45, 7) is 5.06. The highest BCUT2D eigenvalue weighted by Gasteiger charge is 2.29. The number of methoxy groups -OCH3 is 1. The van der Waals surface area contributed by atoms with E-state index in [0.717, 1.165) is 11.1 Å². The molecular formula is C18H21N3O4S2. The second kappa shape index (κ2) is 8.79. The normalized spacial score (nSPS) is 17.0. The fourth-order valence-corrected chi connectivity index (χ4v) is 4.42. The van der Waals surface area contributed by atoms with Crippen LogP contribution >= 0.6 is 23.5 Å². The van der Waals surface area contributed by atoms with E-state index in [1.807, 2.05) is 32.0 Å². The van der Waals surface area contributed by atoms with Crippen molar-refractivity contribution >= 4 is 35.4 Å². The summed E-state index contributed by atoms with van der Waals surface area (Å²) in [4.78, 5) is 25.8. The number of carbonyl (C=O) groups is 2. The third-order valence-corrected chi connectivity index (χ3v) is 6.33. The minimum absolute atomic E-state index is 0.0554. The van der Waals surface area contributed by atoms with Crippen LogP contribution < -0.4 is 0 Å². The Balaban J connectivity index is 1.57. The number of esters is 1. The summed E-state index contributed by atoms with van der Waals surface area (Å²) >= 11 is 2.72. The van der Waals surface area contributed by atoms with E-state index in [-0.39, 0.29) is 22.9 Å². The van der Waals surface area contributed by atoms with Gasteiger partial charge in [-0.05, 0) is 37.1 Å². The first-order valence-electron chi connectivity index (χ1n) is 8.49. The van der Waals surface area contributed by atoms with Crippen molar-refractivity contribution in [2.45, 2.75) is 24.3 Å². The molecule has 1 saturated heterocycles. The quantitative estimate of drug-likeness (QED) is 0.552. The molecule has 0 spiro atoms. The lowest BCUT2D eigenvalue weighted by atomic mass is 10.1. The molecule has 1 aliphatic rings. The average Bonchev–Trinajstić information content (AvgIpc) is 3.16. The Labute approximate surface area is 166 Å². The topological polar surface area (TPSA) is 85.5 Å². The number of ether oxygens (including phenoxy) is 1. The van der Waals surface area contributed by atoms with Crippen molar-refractivity contribution in [1.82, 2.24) is 15.1 Å². The molecule has 0 unspecified atom stereocenters. The maximum Gasteiger partial charge on any atom is 0.320 e. The lowest BCUT2D eigenvalue weighted by molar-refractivity contribution is -0.141. The van der Waals surface area contributed by atoms with Gasteiger partial charge in [0, 0.05) is 24.4 Å². The number of carbonyl (C=O) groups excluding carboxylic acids is 2. The Morgan fingerprint density at radius 1 is 1.33 bits per heavy atom. The molecule has 3 rings (SSSR count). The van der Waals surface area contributed by atoms with E-state index in [4.69, 9.17) is 9.15 Å². The molecule has 1 fully saturated rings. The predicted octanol–water partition coefficient (Wildman–Crippen LogP) is 2.56. The smallest absolute Gasteiger partial charge is 0.320 e. The van der Waals surface area contributed by atoms with Gasteiger partial charge < -0.3 is 14.1 Å². The van der Waals surface area contributed by atoms with Crippen molar-refractivity contribution in [2.75, 3.05) is 31.7 Å². The van der Waals surface area contributed by atoms with E-state index in [0.29, 0.717) is 30.0 Å². The Morgan fingerprint density at radius 2 is 2.15 bits per heavy atom. The van der Waals surface area contributed by atoms with Crippen LogP contribution in [0.2, 0.25) is 0 Å². The van der Waals surface area contributed by atoms with E-state index in [2.05, 4.69) is 10.2 Å². The molecule has 1 aromatic heterocycles. The van der Waals surface area contributed by atoms with Gasteiger partial charge in [-0.1, -0.05) is 17.8 Å². The zero-order valence-corrected chi connectivity index (χ0v) is 17.1. The van der Waals surface area contributed by atoms with Crippen LogP contribution in [-0.4, -0.2) is 63.9 Å². The third-order valence-electron chi connectivity index (χ3n) is 4.36. The molecule has 1 amide bonds. The van der Waals surface area contributed by atoms with Crippen molar-refractivity contribution in [3.05, 3.63) is 29.3 Å². The van der Waals surface area contributed by atoms with E-state index in [1.54, 1.807) is 4.90 Å². The SMILES string of the molecule is COC(=O)[C@H]1CN(C(=O)CSc2nnc(-c3ccc(C)c(C)c3)o2)CCS1.